The number of nitrogens with zero attached hydrogens (tertiary/aromatic N) is 1. The highest BCUT2D eigenvalue weighted by Crippen LogP contribution is 2.23. The lowest BCUT2D eigenvalue weighted by Gasteiger charge is -2.04. The number of thiazole rings is 1. The first kappa shape index (κ1) is 15.6. The molecule has 1 rings (SSSR count). The topological polar surface area (TPSA) is 59.1 Å². The number of aromatic nitrogens is 1. The van der Waals surface area contributed by atoms with E-state index in [1.54, 1.807) is 13.8 Å². The molecule has 18 heavy (non-hydrogen) atoms. The van der Waals surface area contributed by atoms with Gasteiger partial charge in [-0.2, -0.15) is 0 Å². The number of nitrogens with one attached hydrogen (secondary N) is 1. The first-order valence-corrected chi connectivity index (χ1v) is 8.77. The smallest absolute Gasteiger partial charge is 0.159 e. The lowest BCUT2D eigenvalue weighted by atomic mass is 10.2. The van der Waals surface area contributed by atoms with Crippen molar-refractivity contribution in [1.82, 2.24) is 10.3 Å². The van der Waals surface area contributed by atoms with Crippen LogP contribution in [0.5, 0.6) is 0 Å². The van der Waals surface area contributed by atoms with Crippen molar-refractivity contribution in [2.75, 3.05) is 7.05 Å². The molecule has 0 radical (unpaired) electrons. The average molecular weight is 290 g/mol. The molecule has 0 atom stereocenters. The van der Waals surface area contributed by atoms with Gasteiger partial charge in [-0.15, -0.1) is 11.3 Å². The molecule has 1 heterocycles. The van der Waals surface area contributed by atoms with Crippen molar-refractivity contribution in [2.24, 2.45) is 0 Å². The highest BCUT2D eigenvalue weighted by atomic mass is 32.2. The van der Waals surface area contributed by atoms with Gasteiger partial charge in [0.05, 0.1) is 10.9 Å². The van der Waals surface area contributed by atoms with Gasteiger partial charge >= 0.3 is 0 Å². The third-order valence-corrected chi connectivity index (χ3v) is 6.08. The number of hydrogen-bond donors (Lipinski definition) is 1. The Labute approximate surface area is 114 Å². The largest absolute Gasteiger partial charge is 0.315 e. The van der Waals surface area contributed by atoms with E-state index in [1.165, 1.54) is 11.3 Å². The van der Waals surface area contributed by atoms with E-state index in [4.69, 9.17) is 0 Å². The van der Waals surface area contributed by atoms with Crippen molar-refractivity contribution in [2.45, 2.75) is 51.2 Å². The standard InChI is InChI=1S/C12H22N2O2S2/c1-5-6-10-11(7-13-4)17-12(14-10)8-18(15,16)9(2)3/h9,13H,5-8H2,1-4H3. The van der Waals surface area contributed by atoms with E-state index in [0.29, 0.717) is 0 Å². The van der Waals surface area contributed by atoms with E-state index >= 15 is 0 Å². The lowest BCUT2D eigenvalue weighted by Crippen LogP contribution is -2.15. The Bertz CT molecular complexity index is 455. The molecule has 0 aliphatic rings. The molecule has 0 saturated heterocycles. The van der Waals surface area contributed by atoms with Crippen LogP contribution in [0.1, 0.15) is 42.8 Å². The van der Waals surface area contributed by atoms with Crippen molar-refractivity contribution in [3.05, 3.63) is 15.6 Å². The van der Waals surface area contributed by atoms with Crippen LogP contribution in [-0.4, -0.2) is 25.7 Å². The van der Waals surface area contributed by atoms with Crippen LogP contribution in [-0.2, 0) is 28.6 Å². The molecule has 1 aromatic heterocycles. The Kier molecular flexibility index (Phi) is 5.75. The fraction of sp³-hybridized carbons (Fsp3) is 0.750. The summed E-state index contributed by atoms with van der Waals surface area (Å²) < 4.78 is 23.8. The zero-order valence-corrected chi connectivity index (χ0v) is 13.1. The molecular formula is C12H22N2O2S2. The van der Waals surface area contributed by atoms with Gasteiger partial charge in [-0.05, 0) is 27.3 Å². The van der Waals surface area contributed by atoms with Crippen molar-refractivity contribution < 1.29 is 8.42 Å². The fourth-order valence-corrected chi connectivity index (χ4v) is 3.96. The maximum atomic E-state index is 11.9. The summed E-state index contributed by atoms with van der Waals surface area (Å²) in [6.07, 6.45) is 1.94. The monoisotopic (exact) mass is 290 g/mol. The second-order valence-electron chi connectivity index (χ2n) is 4.61. The van der Waals surface area contributed by atoms with Gasteiger partial charge in [0.15, 0.2) is 9.84 Å². The van der Waals surface area contributed by atoms with Crippen LogP contribution < -0.4 is 5.32 Å². The quantitative estimate of drug-likeness (QED) is 0.836. The minimum absolute atomic E-state index is 0.0652. The predicted molar refractivity (Wildman–Crippen MR) is 76.6 cm³/mol. The molecule has 1 aromatic rings. The summed E-state index contributed by atoms with van der Waals surface area (Å²) in [4.78, 5) is 5.65. The molecule has 0 fully saturated rings. The van der Waals surface area contributed by atoms with E-state index in [-0.39, 0.29) is 11.0 Å². The minimum Gasteiger partial charge on any atom is -0.315 e. The Balaban J connectivity index is 2.94. The summed E-state index contributed by atoms with van der Waals surface area (Å²) in [5.41, 5.74) is 1.05. The third-order valence-electron chi connectivity index (χ3n) is 2.69. The molecule has 0 aliphatic heterocycles. The zero-order chi connectivity index (χ0) is 13.8. The minimum atomic E-state index is -3.06. The summed E-state index contributed by atoms with van der Waals surface area (Å²) in [5.74, 6) is 0.0652. The second-order valence-corrected chi connectivity index (χ2v) is 8.34. The van der Waals surface area contributed by atoms with Crippen LogP contribution in [0.15, 0.2) is 0 Å². The van der Waals surface area contributed by atoms with Gasteiger partial charge in [-0.3, -0.25) is 0 Å². The summed E-state index contributed by atoms with van der Waals surface area (Å²) >= 11 is 1.52. The van der Waals surface area contributed by atoms with Crippen molar-refractivity contribution >= 4 is 21.2 Å². The van der Waals surface area contributed by atoms with E-state index in [1.807, 2.05) is 7.05 Å². The van der Waals surface area contributed by atoms with Gasteiger partial charge in [0, 0.05) is 11.4 Å². The first-order chi connectivity index (χ1) is 8.40. The number of aryl methyl sites for hydroxylation is 1. The van der Waals surface area contributed by atoms with Crippen LogP contribution in [0.3, 0.4) is 0 Å². The Hall–Kier alpha value is -0.460. The van der Waals surface area contributed by atoms with Gasteiger partial charge in [0.1, 0.15) is 10.8 Å². The van der Waals surface area contributed by atoms with E-state index in [0.717, 1.165) is 35.0 Å². The van der Waals surface area contributed by atoms with E-state index in [9.17, 15) is 8.42 Å². The Morgan fingerprint density at radius 2 is 2.06 bits per heavy atom. The van der Waals surface area contributed by atoms with Gasteiger partial charge in [-0.25, -0.2) is 13.4 Å². The molecular weight excluding hydrogens is 268 g/mol. The first-order valence-electron chi connectivity index (χ1n) is 6.24. The normalized spacial score (nSPS) is 12.3. The molecule has 0 aromatic carbocycles. The molecule has 0 bridgehead atoms. The third kappa shape index (κ3) is 4.03. The Morgan fingerprint density at radius 1 is 1.39 bits per heavy atom. The maximum absolute atomic E-state index is 11.9. The van der Waals surface area contributed by atoms with Gasteiger partial charge in [-0.1, -0.05) is 13.3 Å². The summed E-state index contributed by atoms with van der Waals surface area (Å²) in [6, 6.07) is 0. The van der Waals surface area contributed by atoms with Gasteiger partial charge in [0.2, 0.25) is 0 Å². The summed E-state index contributed by atoms with van der Waals surface area (Å²) in [6.45, 7) is 6.29. The molecule has 6 heteroatoms. The molecule has 0 saturated carbocycles. The molecule has 4 nitrogen and oxygen atoms in total. The highest BCUT2D eigenvalue weighted by Gasteiger charge is 2.20. The number of rotatable bonds is 7. The molecule has 0 aliphatic carbocycles. The molecule has 104 valence electrons. The van der Waals surface area contributed by atoms with Crippen LogP contribution >= 0.6 is 11.3 Å². The van der Waals surface area contributed by atoms with Crippen molar-refractivity contribution in [3.8, 4) is 0 Å². The molecule has 0 unspecified atom stereocenters. The molecule has 0 spiro atoms. The van der Waals surface area contributed by atoms with E-state index in [2.05, 4.69) is 17.2 Å². The van der Waals surface area contributed by atoms with Crippen molar-refractivity contribution in [3.63, 3.8) is 0 Å². The van der Waals surface area contributed by atoms with Crippen LogP contribution in [0, 0.1) is 0 Å². The fourth-order valence-electron chi connectivity index (χ4n) is 1.57. The van der Waals surface area contributed by atoms with E-state index < -0.39 is 9.84 Å². The summed E-state index contributed by atoms with van der Waals surface area (Å²) in [5, 5.41) is 3.48. The van der Waals surface area contributed by atoms with Gasteiger partial charge in [0.25, 0.3) is 0 Å². The highest BCUT2D eigenvalue weighted by molar-refractivity contribution is 7.91. The number of sulfone groups is 1. The zero-order valence-electron chi connectivity index (χ0n) is 11.5. The van der Waals surface area contributed by atoms with Crippen LogP contribution in [0.4, 0.5) is 0 Å². The molecule has 1 N–H and O–H groups in total. The Morgan fingerprint density at radius 3 is 2.56 bits per heavy atom. The van der Waals surface area contributed by atoms with Crippen molar-refractivity contribution in [1.29, 1.82) is 0 Å². The van der Waals surface area contributed by atoms with Gasteiger partial charge < -0.3 is 5.32 Å². The average Bonchev–Trinajstić information content (AvgIpc) is 2.61. The lowest BCUT2D eigenvalue weighted by molar-refractivity contribution is 0.586. The summed E-state index contributed by atoms with van der Waals surface area (Å²) in [7, 11) is -1.17. The predicted octanol–water partition coefficient (Wildman–Crippen LogP) is 2.14. The second kappa shape index (κ2) is 6.63. The number of hydrogen-bond acceptors (Lipinski definition) is 5. The molecule has 0 amide bonds. The van der Waals surface area contributed by atoms with Crippen LogP contribution in [0.2, 0.25) is 0 Å². The maximum Gasteiger partial charge on any atom is 0.159 e. The van der Waals surface area contributed by atoms with Crippen LogP contribution in [0.25, 0.3) is 0 Å². The SMILES string of the molecule is CCCc1nc(CS(=O)(=O)C(C)C)sc1CNC.